The molecule has 3 heterocycles. The molecule has 3 aromatic rings. The summed E-state index contributed by atoms with van der Waals surface area (Å²) in [6.45, 7) is 2.04. The standard InChI is InChI=1S/C12H15N5S/c1-8-10(6-14-16(8)2)11(13)5-9-7-17-3-4-18-12(17)15-9/h3-4,6-7,11H,5,13H2,1-2H3. The van der Waals surface area contributed by atoms with E-state index in [9.17, 15) is 0 Å². The molecule has 0 spiro atoms. The SMILES string of the molecule is Cc1c(C(N)Cc2cn3ccsc3n2)cnn1C. The fraction of sp³-hybridized carbons (Fsp3) is 0.333. The number of aryl methyl sites for hydroxylation is 1. The molecule has 2 N–H and O–H groups in total. The van der Waals surface area contributed by atoms with Crippen molar-refractivity contribution in [1.29, 1.82) is 0 Å². The van der Waals surface area contributed by atoms with Gasteiger partial charge in [0.05, 0.1) is 11.9 Å². The Bertz CT molecular complexity index is 649. The molecule has 0 aromatic carbocycles. The van der Waals surface area contributed by atoms with E-state index in [0.29, 0.717) is 0 Å². The Balaban J connectivity index is 1.84. The van der Waals surface area contributed by atoms with E-state index in [2.05, 4.69) is 10.1 Å². The van der Waals surface area contributed by atoms with Gasteiger partial charge in [-0.25, -0.2) is 4.98 Å². The summed E-state index contributed by atoms with van der Waals surface area (Å²) < 4.78 is 3.88. The fourth-order valence-electron chi connectivity index (χ4n) is 2.09. The first-order chi connectivity index (χ1) is 8.65. The van der Waals surface area contributed by atoms with Crippen LogP contribution in [0.2, 0.25) is 0 Å². The highest BCUT2D eigenvalue weighted by molar-refractivity contribution is 7.15. The van der Waals surface area contributed by atoms with Crippen molar-refractivity contribution < 1.29 is 0 Å². The quantitative estimate of drug-likeness (QED) is 0.780. The summed E-state index contributed by atoms with van der Waals surface area (Å²) in [6.07, 6.45) is 6.63. The van der Waals surface area contributed by atoms with Crippen molar-refractivity contribution >= 4 is 16.3 Å². The summed E-state index contributed by atoms with van der Waals surface area (Å²) in [4.78, 5) is 5.56. The minimum absolute atomic E-state index is 0.0525. The monoisotopic (exact) mass is 261 g/mol. The van der Waals surface area contributed by atoms with Crippen molar-refractivity contribution in [2.75, 3.05) is 0 Å². The summed E-state index contributed by atoms with van der Waals surface area (Å²) in [5, 5.41) is 6.25. The molecule has 0 amide bonds. The second-order valence-corrected chi connectivity index (χ2v) is 5.32. The van der Waals surface area contributed by atoms with Crippen LogP contribution in [-0.2, 0) is 13.5 Å². The first kappa shape index (κ1) is 11.4. The second kappa shape index (κ2) is 4.22. The van der Waals surface area contributed by atoms with Crippen LogP contribution < -0.4 is 5.73 Å². The van der Waals surface area contributed by atoms with Gasteiger partial charge in [0, 0.05) is 48.5 Å². The Morgan fingerprint density at radius 1 is 1.50 bits per heavy atom. The maximum Gasteiger partial charge on any atom is 0.193 e. The topological polar surface area (TPSA) is 61.1 Å². The molecule has 0 bridgehead atoms. The second-order valence-electron chi connectivity index (χ2n) is 4.44. The minimum Gasteiger partial charge on any atom is -0.324 e. The Hall–Kier alpha value is -1.66. The maximum absolute atomic E-state index is 6.23. The lowest BCUT2D eigenvalue weighted by molar-refractivity contribution is 0.693. The van der Waals surface area contributed by atoms with Gasteiger partial charge in [0.1, 0.15) is 0 Å². The molecule has 1 unspecified atom stereocenters. The first-order valence-corrected chi connectivity index (χ1v) is 6.68. The first-order valence-electron chi connectivity index (χ1n) is 5.80. The normalized spacial score (nSPS) is 13.3. The summed E-state index contributed by atoms with van der Waals surface area (Å²) in [5.41, 5.74) is 9.46. The fourth-order valence-corrected chi connectivity index (χ4v) is 2.81. The van der Waals surface area contributed by atoms with Gasteiger partial charge in [0.2, 0.25) is 0 Å². The molecule has 0 aliphatic carbocycles. The number of hydrogen-bond donors (Lipinski definition) is 1. The number of rotatable bonds is 3. The zero-order chi connectivity index (χ0) is 12.7. The van der Waals surface area contributed by atoms with Crippen LogP contribution in [0.5, 0.6) is 0 Å². The molecule has 0 fully saturated rings. The number of hydrogen-bond acceptors (Lipinski definition) is 4. The lowest BCUT2D eigenvalue weighted by atomic mass is 10.0. The van der Waals surface area contributed by atoms with Crippen LogP contribution in [0.25, 0.3) is 4.96 Å². The van der Waals surface area contributed by atoms with Gasteiger partial charge >= 0.3 is 0 Å². The predicted molar refractivity (Wildman–Crippen MR) is 71.6 cm³/mol. The Morgan fingerprint density at radius 3 is 3.00 bits per heavy atom. The van der Waals surface area contributed by atoms with Crippen LogP contribution in [0.1, 0.15) is 23.0 Å². The van der Waals surface area contributed by atoms with Gasteiger partial charge in [-0.15, -0.1) is 11.3 Å². The molecule has 3 aromatic heterocycles. The highest BCUT2D eigenvalue weighted by atomic mass is 32.1. The van der Waals surface area contributed by atoms with Gasteiger partial charge in [0.25, 0.3) is 0 Å². The zero-order valence-electron chi connectivity index (χ0n) is 10.4. The third kappa shape index (κ3) is 1.83. The summed E-state index contributed by atoms with van der Waals surface area (Å²) in [7, 11) is 1.93. The molecule has 0 aliphatic rings. The molecule has 5 nitrogen and oxygen atoms in total. The average Bonchev–Trinajstić information content (AvgIpc) is 2.96. The summed E-state index contributed by atoms with van der Waals surface area (Å²) in [5.74, 6) is 0. The number of aromatic nitrogens is 4. The number of imidazole rings is 1. The average molecular weight is 261 g/mol. The van der Waals surface area contributed by atoms with E-state index in [1.165, 1.54) is 0 Å². The van der Waals surface area contributed by atoms with Gasteiger partial charge in [-0.2, -0.15) is 5.10 Å². The van der Waals surface area contributed by atoms with Gasteiger partial charge in [-0.05, 0) is 6.92 Å². The van der Waals surface area contributed by atoms with Gasteiger partial charge < -0.3 is 5.73 Å². The van der Waals surface area contributed by atoms with Crippen molar-refractivity contribution in [3.8, 4) is 0 Å². The van der Waals surface area contributed by atoms with E-state index in [0.717, 1.165) is 28.3 Å². The van der Waals surface area contributed by atoms with E-state index in [1.54, 1.807) is 11.3 Å². The number of thiazole rings is 1. The lowest BCUT2D eigenvalue weighted by Gasteiger charge is -2.09. The van der Waals surface area contributed by atoms with Crippen LogP contribution in [-0.4, -0.2) is 19.2 Å². The molecule has 18 heavy (non-hydrogen) atoms. The van der Waals surface area contributed by atoms with E-state index in [1.807, 2.05) is 47.0 Å². The van der Waals surface area contributed by atoms with Crippen LogP contribution in [0.4, 0.5) is 0 Å². The van der Waals surface area contributed by atoms with Crippen molar-refractivity contribution in [3.05, 3.63) is 40.9 Å². The van der Waals surface area contributed by atoms with Crippen molar-refractivity contribution in [3.63, 3.8) is 0 Å². The lowest BCUT2D eigenvalue weighted by Crippen LogP contribution is -2.14. The third-order valence-electron chi connectivity index (χ3n) is 3.24. The molecule has 94 valence electrons. The summed E-state index contributed by atoms with van der Waals surface area (Å²) in [6, 6.07) is -0.0525. The van der Waals surface area contributed by atoms with Crippen LogP contribution >= 0.6 is 11.3 Å². The molecule has 6 heteroatoms. The molecule has 0 radical (unpaired) electrons. The number of nitrogens with zero attached hydrogens (tertiary/aromatic N) is 4. The zero-order valence-corrected chi connectivity index (χ0v) is 11.2. The van der Waals surface area contributed by atoms with Crippen LogP contribution in [0.3, 0.4) is 0 Å². The largest absolute Gasteiger partial charge is 0.324 e. The highest BCUT2D eigenvalue weighted by Crippen LogP contribution is 2.20. The van der Waals surface area contributed by atoms with E-state index in [-0.39, 0.29) is 6.04 Å². The molecule has 0 saturated heterocycles. The molecule has 0 saturated carbocycles. The van der Waals surface area contributed by atoms with E-state index >= 15 is 0 Å². The van der Waals surface area contributed by atoms with Gasteiger partial charge in [-0.1, -0.05) is 0 Å². The predicted octanol–water partition coefficient (Wildman–Crippen LogP) is 1.68. The van der Waals surface area contributed by atoms with Crippen molar-refractivity contribution in [1.82, 2.24) is 19.2 Å². The molecular weight excluding hydrogens is 246 g/mol. The van der Waals surface area contributed by atoms with E-state index < -0.39 is 0 Å². The summed E-state index contributed by atoms with van der Waals surface area (Å²) >= 11 is 1.63. The molecule has 3 rings (SSSR count). The van der Waals surface area contributed by atoms with Gasteiger partial charge in [-0.3, -0.25) is 9.08 Å². The minimum atomic E-state index is -0.0525. The van der Waals surface area contributed by atoms with Crippen LogP contribution in [0, 0.1) is 6.92 Å². The van der Waals surface area contributed by atoms with Crippen molar-refractivity contribution in [2.45, 2.75) is 19.4 Å². The Morgan fingerprint density at radius 2 is 2.33 bits per heavy atom. The Kier molecular flexibility index (Phi) is 2.68. The third-order valence-corrected chi connectivity index (χ3v) is 4.02. The Labute approximate surface area is 109 Å². The van der Waals surface area contributed by atoms with Crippen molar-refractivity contribution in [2.24, 2.45) is 12.8 Å². The van der Waals surface area contributed by atoms with Crippen LogP contribution in [0.15, 0.2) is 24.0 Å². The maximum atomic E-state index is 6.23. The van der Waals surface area contributed by atoms with E-state index in [4.69, 9.17) is 5.73 Å². The molecule has 0 aliphatic heterocycles. The molecular formula is C12H15N5S. The smallest absolute Gasteiger partial charge is 0.193 e. The molecule has 1 atom stereocenters. The number of fused-ring (bicyclic) bond motifs is 1. The highest BCUT2D eigenvalue weighted by Gasteiger charge is 2.15. The number of nitrogens with two attached hydrogens (primary N) is 1. The van der Waals surface area contributed by atoms with Gasteiger partial charge in [0.15, 0.2) is 4.96 Å².